The fourth-order valence-corrected chi connectivity index (χ4v) is 1.69. The van der Waals surface area contributed by atoms with Crippen LogP contribution in [0.5, 0.6) is 5.75 Å². The first-order chi connectivity index (χ1) is 8.54. The van der Waals surface area contributed by atoms with Gasteiger partial charge in [-0.25, -0.2) is 0 Å². The van der Waals surface area contributed by atoms with E-state index in [2.05, 4.69) is 5.16 Å². The molecule has 0 saturated heterocycles. The number of oxime groups is 1. The van der Waals surface area contributed by atoms with Crippen molar-refractivity contribution in [2.45, 2.75) is 32.6 Å². The van der Waals surface area contributed by atoms with Crippen LogP contribution in [0.3, 0.4) is 0 Å². The van der Waals surface area contributed by atoms with Crippen molar-refractivity contribution in [2.24, 2.45) is 5.16 Å². The quantitative estimate of drug-likeness (QED) is 0.313. The van der Waals surface area contributed by atoms with Gasteiger partial charge >= 0.3 is 5.97 Å². The highest BCUT2D eigenvalue weighted by Gasteiger charge is 2.10. The number of aromatic hydroxyl groups is 1. The van der Waals surface area contributed by atoms with Gasteiger partial charge in [-0.05, 0) is 43.9 Å². The standard InChI is InChI=1S/C13H17NO4/c1-9-6-7-10(12(15)8-9)11(14-18)4-2-3-5-13(16)17/h6-8,15,18H,2-5H2,1H3,(H,16,17)/b14-11-. The van der Waals surface area contributed by atoms with E-state index in [-0.39, 0.29) is 12.2 Å². The van der Waals surface area contributed by atoms with Crippen molar-refractivity contribution >= 4 is 11.7 Å². The first-order valence-corrected chi connectivity index (χ1v) is 5.77. The maximum Gasteiger partial charge on any atom is 0.303 e. The zero-order valence-corrected chi connectivity index (χ0v) is 10.3. The molecule has 5 heteroatoms. The van der Waals surface area contributed by atoms with Crippen molar-refractivity contribution in [1.82, 2.24) is 0 Å². The predicted octanol–water partition coefficient (Wildman–Crippen LogP) is 2.52. The second-order valence-corrected chi connectivity index (χ2v) is 4.17. The summed E-state index contributed by atoms with van der Waals surface area (Å²) in [6.07, 6.45) is 1.64. The van der Waals surface area contributed by atoms with Crippen LogP contribution in [-0.2, 0) is 4.79 Å². The maximum atomic E-state index is 10.4. The van der Waals surface area contributed by atoms with Gasteiger partial charge in [0.2, 0.25) is 0 Å². The van der Waals surface area contributed by atoms with Gasteiger partial charge in [-0.2, -0.15) is 0 Å². The Balaban J connectivity index is 2.64. The van der Waals surface area contributed by atoms with Gasteiger partial charge in [-0.3, -0.25) is 4.79 Å². The molecule has 0 aliphatic rings. The van der Waals surface area contributed by atoms with E-state index in [0.29, 0.717) is 30.5 Å². The Bertz CT molecular complexity index is 454. The molecule has 0 aliphatic carbocycles. The van der Waals surface area contributed by atoms with E-state index in [1.165, 1.54) is 0 Å². The summed E-state index contributed by atoms with van der Waals surface area (Å²) in [5.41, 5.74) is 1.77. The van der Waals surface area contributed by atoms with Gasteiger partial charge in [0, 0.05) is 12.0 Å². The monoisotopic (exact) mass is 251 g/mol. The molecule has 0 heterocycles. The third-order valence-corrected chi connectivity index (χ3v) is 2.64. The van der Waals surface area contributed by atoms with Gasteiger partial charge in [0.15, 0.2) is 0 Å². The minimum atomic E-state index is -0.837. The van der Waals surface area contributed by atoms with Crippen LogP contribution in [0.2, 0.25) is 0 Å². The molecule has 0 spiro atoms. The lowest BCUT2D eigenvalue weighted by molar-refractivity contribution is -0.137. The topological polar surface area (TPSA) is 90.1 Å². The van der Waals surface area contributed by atoms with Gasteiger partial charge < -0.3 is 15.4 Å². The lowest BCUT2D eigenvalue weighted by Crippen LogP contribution is -2.03. The Hall–Kier alpha value is -2.04. The number of nitrogens with zero attached hydrogens (tertiary/aromatic N) is 1. The Morgan fingerprint density at radius 3 is 2.50 bits per heavy atom. The molecule has 0 saturated carbocycles. The van der Waals surface area contributed by atoms with Crippen molar-refractivity contribution < 1.29 is 20.2 Å². The lowest BCUT2D eigenvalue weighted by Gasteiger charge is -2.07. The van der Waals surface area contributed by atoms with E-state index in [9.17, 15) is 9.90 Å². The summed E-state index contributed by atoms with van der Waals surface area (Å²) in [6, 6.07) is 5.10. The van der Waals surface area contributed by atoms with Crippen LogP contribution >= 0.6 is 0 Å². The van der Waals surface area contributed by atoms with Crippen LogP contribution in [0.1, 0.15) is 36.8 Å². The molecule has 0 aromatic heterocycles. The van der Waals surface area contributed by atoms with E-state index in [0.717, 1.165) is 5.56 Å². The average molecular weight is 251 g/mol. The Morgan fingerprint density at radius 2 is 1.94 bits per heavy atom. The smallest absolute Gasteiger partial charge is 0.303 e. The van der Waals surface area contributed by atoms with E-state index in [1.54, 1.807) is 12.1 Å². The molecule has 0 amide bonds. The first-order valence-electron chi connectivity index (χ1n) is 5.77. The minimum Gasteiger partial charge on any atom is -0.507 e. The van der Waals surface area contributed by atoms with Crippen molar-refractivity contribution in [3.63, 3.8) is 0 Å². The van der Waals surface area contributed by atoms with Crippen LogP contribution in [0.25, 0.3) is 0 Å². The van der Waals surface area contributed by atoms with Crippen molar-refractivity contribution in [3.8, 4) is 5.75 Å². The van der Waals surface area contributed by atoms with E-state index in [4.69, 9.17) is 10.3 Å². The van der Waals surface area contributed by atoms with Gasteiger partial charge in [0.1, 0.15) is 5.75 Å². The second kappa shape index (κ2) is 6.64. The van der Waals surface area contributed by atoms with Crippen LogP contribution in [0.4, 0.5) is 0 Å². The number of phenols is 1. The van der Waals surface area contributed by atoms with Gasteiger partial charge in [0.25, 0.3) is 0 Å². The van der Waals surface area contributed by atoms with Crippen LogP contribution in [-0.4, -0.2) is 27.1 Å². The largest absolute Gasteiger partial charge is 0.507 e. The number of carboxylic acid groups (broad SMARTS) is 1. The van der Waals surface area contributed by atoms with E-state index in [1.807, 2.05) is 13.0 Å². The number of aliphatic carboxylic acids is 1. The van der Waals surface area contributed by atoms with Crippen LogP contribution < -0.4 is 0 Å². The summed E-state index contributed by atoms with van der Waals surface area (Å²) in [6.45, 7) is 1.85. The third kappa shape index (κ3) is 4.08. The third-order valence-electron chi connectivity index (χ3n) is 2.64. The van der Waals surface area contributed by atoms with E-state index < -0.39 is 5.97 Å². The molecule has 3 N–H and O–H groups in total. The summed E-state index contributed by atoms with van der Waals surface area (Å²) < 4.78 is 0. The molecule has 1 aromatic carbocycles. The number of carbonyl (C=O) groups is 1. The van der Waals surface area contributed by atoms with Crippen molar-refractivity contribution in [3.05, 3.63) is 29.3 Å². The minimum absolute atomic E-state index is 0.0704. The first kappa shape index (κ1) is 14.0. The van der Waals surface area contributed by atoms with Crippen molar-refractivity contribution in [2.75, 3.05) is 0 Å². The molecule has 18 heavy (non-hydrogen) atoms. The van der Waals surface area contributed by atoms with Crippen LogP contribution in [0.15, 0.2) is 23.4 Å². The van der Waals surface area contributed by atoms with E-state index >= 15 is 0 Å². The number of benzene rings is 1. The highest BCUT2D eigenvalue weighted by Crippen LogP contribution is 2.21. The molecule has 1 aromatic rings. The highest BCUT2D eigenvalue weighted by atomic mass is 16.4. The predicted molar refractivity (Wildman–Crippen MR) is 67.3 cm³/mol. The molecular weight excluding hydrogens is 234 g/mol. The van der Waals surface area contributed by atoms with Crippen molar-refractivity contribution in [1.29, 1.82) is 0 Å². The number of hydrogen-bond donors (Lipinski definition) is 3. The zero-order valence-electron chi connectivity index (χ0n) is 10.3. The lowest BCUT2D eigenvalue weighted by atomic mass is 10.0. The molecular formula is C13H17NO4. The Labute approximate surface area is 105 Å². The summed E-state index contributed by atoms with van der Waals surface area (Å²) in [7, 11) is 0. The molecule has 98 valence electrons. The highest BCUT2D eigenvalue weighted by molar-refractivity contribution is 6.02. The maximum absolute atomic E-state index is 10.4. The molecule has 1 rings (SSSR count). The fraction of sp³-hybridized carbons (Fsp3) is 0.385. The normalized spacial score (nSPS) is 11.5. The second-order valence-electron chi connectivity index (χ2n) is 4.17. The molecule has 0 atom stereocenters. The molecule has 0 radical (unpaired) electrons. The number of phenolic OH excluding ortho intramolecular Hbond substituents is 1. The number of rotatable bonds is 6. The number of hydrogen-bond acceptors (Lipinski definition) is 4. The number of carboxylic acids is 1. The summed E-state index contributed by atoms with van der Waals surface area (Å²) in [4.78, 5) is 10.4. The van der Waals surface area contributed by atoms with Gasteiger partial charge in [-0.15, -0.1) is 0 Å². The van der Waals surface area contributed by atoms with Gasteiger partial charge in [0.05, 0.1) is 5.71 Å². The number of unbranched alkanes of at least 4 members (excludes halogenated alkanes) is 1. The fourth-order valence-electron chi connectivity index (χ4n) is 1.69. The molecule has 0 aliphatic heterocycles. The summed E-state index contributed by atoms with van der Waals surface area (Å²) in [5.74, 6) is -0.767. The average Bonchev–Trinajstić information content (AvgIpc) is 2.30. The Morgan fingerprint density at radius 1 is 1.28 bits per heavy atom. The zero-order chi connectivity index (χ0) is 13.5. The van der Waals surface area contributed by atoms with Gasteiger partial charge in [-0.1, -0.05) is 11.2 Å². The molecule has 0 unspecified atom stereocenters. The SMILES string of the molecule is Cc1ccc(/C(CCCCC(=O)O)=N\O)c(O)c1. The van der Waals surface area contributed by atoms with Crippen LogP contribution in [0, 0.1) is 6.92 Å². The Kier molecular flexibility index (Phi) is 5.17. The molecule has 5 nitrogen and oxygen atoms in total. The summed E-state index contributed by atoms with van der Waals surface area (Å²) in [5, 5.41) is 30.4. The molecule has 0 fully saturated rings. The number of aryl methyl sites for hydroxylation is 1. The molecule has 0 bridgehead atoms. The summed E-state index contributed by atoms with van der Waals surface area (Å²) >= 11 is 0.